The lowest BCUT2D eigenvalue weighted by Gasteiger charge is -2.26. The maximum absolute atomic E-state index is 10.4. The second-order valence-corrected chi connectivity index (χ2v) is 6.75. The molecule has 0 aliphatic heterocycles. The average Bonchev–Trinajstić information content (AvgIpc) is 3.38. The molecule has 2 rings (SSSR count). The number of phenolic OH excluding ortho intramolecular Hbond substituents is 1. The summed E-state index contributed by atoms with van der Waals surface area (Å²) in [6, 6.07) is 5.59. The maximum Gasteiger partial charge on any atom is 0.120 e. The first kappa shape index (κ1) is 22.6. The molecule has 4 nitrogen and oxygen atoms in total. The van der Waals surface area contributed by atoms with Crippen LogP contribution in [0.4, 0.5) is 0 Å². The van der Waals surface area contributed by atoms with E-state index in [1.165, 1.54) is 18.4 Å². The number of rotatable bonds is 6. The lowest BCUT2D eigenvalue weighted by atomic mass is 9.91. The predicted octanol–water partition coefficient (Wildman–Crippen LogP) is 5.59. The smallest absolute Gasteiger partial charge is 0.120 e. The monoisotopic (exact) mass is 336 g/mol. The molecule has 2 N–H and O–H groups in total. The third-order valence-electron chi connectivity index (χ3n) is 3.81. The van der Waals surface area contributed by atoms with E-state index in [1.54, 1.807) is 6.07 Å². The lowest BCUT2D eigenvalue weighted by Crippen LogP contribution is -2.39. The first-order chi connectivity index (χ1) is 11.4. The summed E-state index contributed by atoms with van der Waals surface area (Å²) in [5.41, 5.74) is 1.91. The van der Waals surface area contributed by atoms with Crippen LogP contribution in [0.25, 0.3) is 0 Å². The molecule has 1 atom stereocenters. The number of nitroso groups, excluding NO2 is 1. The standard InChI is InChI=1S/C16H24N2O2.2C2H6/c1-16(2,3)17-10-14(11-4-5-11)12-6-7-15(19)13(8-12)9-18-20;2*1-2/h6-8,11,14,17,19H,4-5,9-10H2,1-3H3;2*1-2H3. The van der Waals surface area contributed by atoms with E-state index in [-0.39, 0.29) is 17.8 Å². The van der Waals surface area contributed by atoms with Gasteiger partial charge in [-0.25, -0.2) is 0 Å². The number of aromatic hydroxyl groups is 1. The summed E-state index contributed by atoms with van der Waals surface area (Å²) in [5.74, 6) is 1.32. The molecule has 0 aromatic heterocycles. The van der Waals surface area contributed by atoms with Crippen LogP contribution >= 0.6 is 0 Å². The summed E-state index contributed by atoms with van der Waals surface area (Å²) in [6.45, 7) is 15.4. The molecule has 1 aliphatic carbocycles. The number of nitrogens with zero attached hydrogens (tertiary/aromatic N) is 1. The van der Waals surface area contributed by atoms with E-state index in [2.05, 4.69) is 31.3 Å². The first-order valence-electron chi connectivity index (χ1n) is 9.26. The van der Waals surface area contributed by atoms with Crippen molar-refractivity contribution in [3.8, 4) is 5.75 Å². The number of benzene rings is 1. The highest BCUT2D eigenvalue weighted by atomic mass is 16.3. The molecule has 0 bridgehead atoms. The minimum Gasteiger partial charge on any atom is -0.508 e. The number of phenols is 1. The van der Waals surface area contributed by atoms with Crippen molar-refractivity contribution in [1.29, 1.82) is 0 Å². The van der Waals surface area contributed by atoms with Gasteiger partial charge in [0.1, 0.15) is 12.3 Å². The van der Waals surface area contributed by atoms with Crippen LogP contribution < -0.4 is 5.32 Å². The van der Waals surface area contributed by atoms with E-state index in [9.17, 15) is 10.0 Å². The lowest BCUT2D eigenvalue weighted by molar-refractivity contribution is 0.393. The Balaban J connectivity index is 0.00000123. The Labute approximate surface area is 148 Å². The molecule has 1 fully saturated rings. The average molecular weight is 337 g/mol. The second-order valence-electron chi connectivity index (χ2n) is 6.75. The number of hydrogen-bond donors (Lipinski definition) is 2. The minimum atomic E-state index is 0.0315. The van der Waals surface area contributed by atoms with Crippen LogP contribution in [-0.2, 0) is 6.54 Å². The van der Waals surface area contributed by atoms with Crippen LogP contribution in [0, 0.1) is 10.8 Å². The zero-order valence-corrected chi connectivity index (χ0v) is 16.5. The van der Waals surface area contributed by atoms with Gasteiger partial charge in [-0.2, -0.15) is 4.91 Å². The Bertz CT molecular complexity index is 477. The Kier molecular flexibility index (Phi) is 10.5. The summed E-state index contributed by atoms with van der Waals surface area (Å²) in [6.07, 6.45) is 2.53. The third-order valence-corrected chi connectivity index (χ3v) is 3.81. The van der Waals surface area contributed by atoms with Crippen LogP contribution in [0.1, 0.15) is 78.4 Å². The zero-order chi connectivity index (χ0) is 18.8. The van der Waals surface area contributed by atoms with Gasteiger partial charge in [0, 0.05) is 17.6 Å². The Hall–Kier alpha value is -1.42. The fourth-order valence-corrected chi connectivity index (χ4v) is 2.50. The van der Waals surface area contributed by atoms with Gasteiger partial charge in [-0.05, 0) is 63.1 Å². The molecule has 0 radical (unpaired) electrons. The normalized spacial score (nSPS) is 14.6. The largest absolute Gasteiger partial charge is 0.508 e. The van der Waals surface area contributed by atoms with Gasteiger partial charge >= 0.3 is 0 Å². The van der Waals surface area contributed by atoms with Crippen molar-refractivity contribution in [2.24, 2.45) is 11.1 Å². The Morgan fingerprint density at radius 1 is 1.21 bits per heavy atom. The van der Waals surface area contributed by atoms with E-state index >= 15 is 0 Å². The number of hydrogen-bond acceptors (Lipinski definition) is 4. The van der Waals surface area contributed by atoms with Crippen LogP contribution in [0.15, 0.2) is 23.4 Å². The highest BCUT2D eigenvalue weighted by molar-refractivity contribution is 5.38. The van der Waals surface area contributed by atoms with E-state index in [0.717, 1.165) is 6.54 Å². The SMILES string of the molecule is CC.CC.CC(C)(C)NCC(c1ccc(O)c(CN=O)c1)C1CC1. The van der Waals surface area contributed by atoms with Crippen molar-refractivity contribution in [1.82, 2.24) is 5.32 Å². The van der Waals surface area contributed by atoms with Gasteiger partial charge in [-0.3, -0.25) is 0 Å². The molecule has 4 heteroatoms. The molecule has 1 aromatic rings. The Morgan fingerprint density at radius 2 is 1.79 bits per heavy atom. The van der Waals surface area contributed by atoms with Gasteiger partial charge < -0.3 is 10.4 Å². The third kappa shape index (κ3) is 7.91. The van der Waals surface area contributed by atoms with E-state index in [0.29, 0.717) is 17.4 Å². The van der Waals surface area contributed by atoms with Gasteiger partial charge in [0.2, 0.25) is 0 Å². The highest BCUT2D eigenvalue weighted by Crippen LogP contribution is 2.43. The summed E-state index contributed by atoms with van der Waals surface area (Å²) in [4.78, 5) is 10.4. The van der Waals surface area contributed by atoms with Gasteiger partial charge in [-0.15, -0.1) is 0 Å². The highest BCUT2D eigenvalue weighted by Gasteiger charge is 2.33. The van der Waals surface area contributed by atoms with Crippen molar-refractivity contribution in [2.75, 3.05) is 6.54 Å². The fraction of sp³-hybridized carbons (Fsp3) is 0.700. The molecule has 1 aliphatic rings. The summed E-state index contributed by atoms with van der Waals surface area (Å²) in [7, 11) is 0. The van der Waals surface area contributed by atoms with E-state index in [4.69, 9.17) is 0 Å². The van der Waals surface area contributed by atoms with Crippen LogP contribution in [0.5, 0.6) is 5.75 Å². The minimum absolute atomic E-state index is 0.0315. The molecule has 0 saturated heterocycles. The van der Waals surface area contributed by atoms with Crippen molar-refractivity contribution in [2.45, 2.75) is 79.3 Å². The molecular formula is C20H36N2O2. The molecule has 24 heavy (non-hydrogen) atoms. The predicted molar refractivity (Wildman–Crippen MR) is 104 cm³/mol. The molecule has 1 unspecified atom stereocenters. The van der Waals surface area contributed by atoms with Crippen molar-refractivity contribution >= 4 is 0 Å². The van der Waals surface area contributed by atoms with Gasteiger partial charge in [0.25, 0.3) is 0 Å². The summed E-state index contributed by atoms with van der Waals surface area (Å²) in [5, 5.41) is 16.2. The first-order valence-corrected chi connectivity index (χ1v) is 9.26. The van der Waals surface area contributed by atoms with Crippen molar-refractivity contribution < 1.29 is 5.11 Å². The molecule has 0 amide bonds. The van der Waals surface area contributed by atoms with Crippen molar-refractivity contribution in [3.05, 3.63) is 34.2 Å². The zero-order valence-electron chi connectivity index (χ0n) is 16.5. The van der Waals surface area contributed by atoms with Gasteiger partial charge in [0.05, 0.1) is 0 Å². The van der Waals surface area contributed by atoms with Gasteiger partial charge in [-0.1, -0.05) is 38.9 Å². The van der Waals surface area contributed by atoms with Crippen molar-refractivity contribution in [3.63, 3.8) is 0 Å². The summed E-state index contributed by atoms with van der Waals surface area (Å²) < 4.78 is 0. The summed E-state index contributed by atoms with van der Waals surface area (Å²) >= 11 is 0. The maximum atomic E-state index is 10.4. The van der Waals surface area contributed by atoms with E-state index in [1.807, 2.05) is 39.8 Å². The topological polar surface area (TPSA) is 61.7 Å². The van der Waals surface area contributed by atoms with E-state index < -0.39 is 0 Å². The van der Waals surface area contributed by atoms with Crippen LogP contribution in [-0.4, -0.2) is 17.2 Å². The quantitative estimate of drug-likeness (QED) is 0.665. The molecule has 1 aromatic carbocycles. The molecular weight excluding hydrogens is 300 g/mol. The van der Waals surface area contributed by atoms with Crippen LogP contribution in [0.2, 0.25) is 0 Å². The Morgan fingerprint density at radius 3 is 2.25 bits per heavy atom. The van der Waals surface area contributed by atoms with Crippen LogP contribution in [0.3, 0.4) is 0 Å². The molecule has 1 saturated carbocycles. The fourth-order valence-electron chi connectivity index (χ4n) is 2.50. The van der Waals surface area contributed by atoms with Gasteiger partial charge in [0.15, 0.2) is 0 Å². The second kappa shape index (κ2) is 11.2. The number of nitrogens with one attached hydrogen (secondary N) is 1. The molecule has 138 valence electrons. The molecule has 0 heterocycles. The molecule has 0 spiro atoms.